The number of alkyl carbamates (subject to hydrolysis) is 1. The third kappa shape index (κ3) is 5.13. The first-order valence-corrected chi connectivity index (χ1v) is 9.85. The molecule has 1 aliphatic heterocycles. The number of carbonyl (C=O) groups is 2. The van der Waals surface area contributed by atoms with Gasteiger partial charge in [-0.3, -0.25) is 4.79 Å². The average molecular weight is 414 g/mol. The molecule has 2 amide bonds. The average Bonchev–Trinajstić information content (AvgIpc) is 2.98. The van der Waals surface area contributed by atoms with Crippen LogP contribution in [0.2, 0.25) is 0 Å². The van der Waals surface area contributed by atoms with E-state index in [1.165, 1.54) is 24.3 Å². The Bertz CT molecular complexity index is 728. The maximum absolute atomic E-state index is 13.1. The van der Waals surface area contributed by atoms with Gasteiger partial charge in [-0.25, -0.2) is 4.79 Å². The van der Waals surface area contributed by atoms with Crippen LogP contribution in [0.25, 0.3) is 0 Å². The van der Waals surface area contributed by atoms with Crippen LogP contribution in [-0.4, -0.2) is 37.6 Å². The van der Waals surface area contributed by atoms with Crippen molar-refractivity contribution in [3.63, 3.8) is 0 Å². The molecule has 160 valence electrons. The van der Waals surface area contributed by atoms with E-state index in [1.54, 1.807) is 4.90 Å². The molecule has 0 bridgehead atoms. The van der Waals surface area contributed by atoms with Gasteiger partial charge in [-0.15, -0.1) is 13.2 Å². The lowest BCUT2D eigenvalue weighted by molar-refractivity contribution is -0.274. The molecular weight excluding hydrogens is 389 g/mol. The number of ether oxygens (including phenoxy) is 2. The molecule has 1 heterocycles. The van der Waals surface area contributed by atoms with E-state index in [0.717, 1.165) is 6.42 Å². The number of amides is 2. The standard InChI is InChI=1S/C20H25F3N2O4/c1-2-12-24-18(27)28-15-7-9-19(10-8-15)11-13-25(17(19)26)14-3-5-16(6-4-14)29-20(21,22)23/h3-6,15H,2,7-13H2,1H3,(H,24,27). The second-order valence-corrected chi connectivity index (χ2v) is 7.56. The van der Waals surface area contributed by atoms with Crippen LogP contribution >= 0.6 is 0 Å². The molecule has 1 spiro atoms. The van der Waals surface area contributed by atoms with Gasteiger partial charge >= 0.3 is 12.5 Å². The van der Waals surface area contributed by atoms with Crippen LogP contribution in [0.1, 0.15) is 45.4 Å². The summed E-state index contributed by atoms with van der Waals surface area (Å²) in [6, 6.07) is 5.34. The van der Waals surface area contributed by atoms with E-state index in [2.05, 4.69) is 10.1 Å². The van der Waals surface area contributed by atoms with Crippen molar-refractivity contribution in [1.82, 2.24) is 5.32 Å². The lowest BCUT2D eigenvalue weighted by Gasteiger charge is -2.35. The Morgan fingerprint density at radius 1 is 1.21 bits per heavy atom. The van der Waals surface area contributed by atoms with Crippen LogP contribution in [-0.2, 0) is 9.53 Å². The van der Waals surface area contributed by atoms with Crippen molar-refractivity contribution >= 4 is 17.7 Å². The van der Waals surface area contributed by atoms with E-state index >= 15 is 0 Å². The first-order chi connectivity index (χ1) is 13.7. The summed E-state index contributed by atoms with van der Waals surface area (Å²) in [4.78, 5) is 26.4. The number of alkyl halides is 3. The molecular formula is C20H25F3N2O4. The Morgan fingerprint density at radius 2 is 1.86 bits per heavy atom. The van der Waals surface area contributed by atoms with Crippen LogP contribution in [0.3, 0.4) is 0 Å². The summed E-state index contributed by atoms with van der Waals surface area (Å²) in [6.07, 6.45) is -1.35. The van der Waals surface area contributed by atoms with E-state index in [0.29, 0.717) is 50.9 Å². The van der Waals surface area contributed by atoms with Crippen LogP contribution in [0, 0.1) is 5.41 Å². The zero-order valence-electron chi connectivity index (χ0n) is 16.3. The van der Waals surface area contributed by atoms with Gasteiger partial charge in [0.15, 0.2) is 0 Å². The maximum atomic E-state index is 13.1. The summed E-state index contributed by atoms with van der Waals surface area (Å²) in [6.45, 7) is 3.04. The first-order valence-electron chi connectivity index (χ1n) is 9.85. The molecule has 1 saturated carbocycles. The van der Waals surface area contributed by atoms with Crippen LogP contribution in [0.5, 0.6) is 5.75 Å². The molecule has 1 saturated heterocycles. The molecule has 0 atom stereocenters. The summed E-state index contributed by atoms with van der Waals surface area (Å²) in [7, 11) is 0. The number of nitrogens with zero attached hydrogens (tertiary/aromatic N) is 1. The highest BCUT2D eigenvalue weighted by molar-refractivity contribution is 6.00. The molecule has 0 radical (unpaired) electrons. The minimum absolute atomic E-state index is 0.0177. The summed E-state index contributed by atoms with van der Waals surface area (Å²) in [5, 5.41) is 2.68. The fraction of sp³-hybridized carbons (Fsp3) is 0.600. The van der Waals surface area contributed by atoms with E-state index in [1.807, 2.05) is 6.92 Å². The van der Waals surface area contributed by atoms with E-state index in [-0.39, 0.29) is 17.8 Å². The molecule has 6 nitrogen and oxygen atoms in total. The normalized spacial score (nSPS) is 24.6. The molecule has 1 aromatic carbocycles. The Labute approximate surface area is 167 Å². The predicted octanol–water partition coefficient (Wildman–Crippen LogP) is 4.39. The zero-order chi connectivity index (χ0) is 21.1. The van der Waals surface area contributed by atoms with Crippen molar-refractivity contribution in [2.24, 2.45) is 5.41 Å². The summed E-state index contributed by atoms with van der Waals surface area (Å²) < 4.78 is 46.2. The summed E-state index contributed by atoms with van der Waals surface area (Å²) in [5.74, 6) is -0.336. The highest BCUT2D eigenvalue weighted by atomic mass is 19.4. The second-order valence-electron chi connectivity index (χ2n) is 7.56. The van der Waals surface area contributed by atoms with Crippen molar-refractivity contribution in [1.29, 1.82) is 0 Å². The molecule has 1 aliphatic carbocycles. The van der Waals surface area contributed by atoms with Gasteiger partial charge in [-0.05, 0) is 62.8 Å². The highest BCUT2D eigenvalue weighted by Gasteiger charge is 2.49. The number of nitrogens with one attached hydrogen (secondary N) is 1. The Hall–Kier alpha value is -2.45. The van der Waals surface area contributed by atoms with Gasteiger partial charge in [0.1, 0.15) is 11.9 Å². The molecule has 3 rings (SSSR count). The lowest BCUT2D eigenvalue weighted by Crippen LogP contribution is -2.40. The van der Waals surface area contributed by atoms with Gasteiger partial charge in [-0.1, -0.05) is 6.92 Å². The minimum atomic E-state index is -4.75. The third-order valence-corrected chi connectivity index (χ3v) is 5.58. The van der Waals surface area contributed by atoms with Crippen molar-refractivity contribution < 1.29 is 32.2 Å². The van der Waals surface area contributed by atoms with Gasteiger partial charge in [-0.2, -0.15) is 0 Å². The number of hydrogen-bond donors (Lipinski definition) is 1. The fourth-order valence-corrected chi connectivity index (χ4v) is 4.04. The third-order valence-electron chi connectivity index (χ3n) is 5.58. The molecule has 2 fully saturated rings. The molecule has 2 aliphatic rings. The molecule has 0 unspecified atom stereocenters. The first kappa shape index (κ1) is 21.3. The zero-order valence-corrected chi connectivity index (χ0v) is 16.3. The number of carbonyl (C=O) groups excluding carboxylic acids is 2. The quantitative estimate of drug-likeness (QED) is 0.776. The SMILES string of the molecule is CCCNC(=O)OC1CCC2(CC1)CCN(c1ccc(OC(F)(F)F)cc1)C2=O. The highest BCUT2D eigenvalue weighted by Crippen LogP contribution is 2.46. The van der Waals surface area contributed by atoms with Crippen molar-refractivity contribution in [2.75, 3.05) is 18.0 Å². The Balaban J connectivity index is 1.57. The van der Waals surface area contributed by atoms with Crippen molar-refractivity contribution in [3.05, 3.63) is 24.3 Å². The van der Waals surface area contributed by atoms with E-state index in [9.17, 15) is 22.8 Å². The number of benzene rings is 1. The van der Waals surface area contributed by atoms with Crippen molar-refractivity contribution in [2.45, 2.75) is 57.9 Å². The van der Waals surface area contributed by atoms with Crippen LogP contribution in [0.4, 0.5) is 23.7 Å². The largest absolute Gasteiger partial charge is 0.573 e. The number of rotatable bonds is 5. The van der Waals surface area contributed by atoms with Gasteiger partial charge < -0.3 is 19.7 Å². The topological polar surface area (TPSA) is 67.9 Å². The van der Waals surface area contributed by atoms with E-state index < -0.39 is 17.9 Å². The van der Waals surface area contributed by atoms with Crippen molar-refractivity contribution in [3.8, 4) is 5.75 Å². The molecule has 1 aromatic rings. The number of anilines is 1. The van der Waals surface area contributed by atoms with Gasteiger partial charge in [0, 0.05) is 18.8 Å². The Morgan fingerprint density at radius 3 is 2.45 bits per heavy atom. The summed E-state index contributed by atoms with van der Waals surface area (Å²) in [5.41, 5.74) is 0.0691. The number of hydrogen-bond acceptors (Lipinski definition) is 4. The Kier molecular flexibility index (Phi) is 6.24. The lowest BCUT2D eigenvalue weighted by atomic mass is 9.72. The van der Waals surface area contributed by atoms with Gasteiger partial charge in [0.05, 0.1) is 5.41 Å². The fourth-order valence-electron chi connectivity index (χ4n) is 4.04. The maximum Gasteiger partial charge on any atom is 0.573 e. The van der Waals surface area contributed by atoms with Gasteiger partial charge in [0.2, 0.25) is 5.91 Å². The second kappa shape index (κ2) is 8.51. The smallest absolute Gasteiger partial charge is 0.446 e. The predicted molar refractivity (Wildman–Crippen MR) is 99.6 cm³/mol. The molecule has 0 aromatic heterocycles. The minimum Gasteiger partial charge on any atom is -0.446 e. The molecule has 29 heavy (non-hydrogen) atoms. The number of halogens is 3. The van der Waals surface area contributed by atoms with Crippen LogP contribution < -0.4 is 15.0 Å². The monoisotopic (exact) mass is 414 g/mol. The summed E-state index contributed by atoms with van der Waals surface area (Å²) >= 11 is 0. The van der Waals surface area contributed by atoms with E-state index in [4.69, 9.17) is 4.74 Å². The molecule has 1 N–H and O–H groups in total. The molecule has 9 heteroatoms. The van der Waals surface area contributed by atoms with Crippen LogP contribution in [0.15, 0.2) is 24.3 Å². The van der Waals surface area contributed by atoms with Gasteiger partial charge in [0.25, 0.3) is 0 Å².